The third-order valence-corrected chi connectivity index (χ3v) is 2.44. The van der Waals surface area contributed by atoms with Gasteiger partial charge in [-0.1, -0.05) is 0 Å². The molecule has 0 bridgehead atoms. The Morgan fingerprint density at radius 3 is 2.88 bits per heavy atom. The van der Waals surface area contributed by atoms with Crippen LogP contribution in [0, 0.1) is 0 Å². The molecule has 6 heteroatoms. The molecular weight excluding hydrogens is 222 g/mol. The van der Waals surface area contributed by atoms with Crippen LogP contribution in [0.1, 0.15) is 6.92 Å². The Morgan fingerprint density at radius 1 is 1.53 bits per heavy atom. The fourth-order valence-electron chi connectivity index (χ4n) is 1.75. The van der Waals surface area contributed by atoms with Crippen LogP contribution in [0.15, 0.2) is 18.3 Å². The van der Waals surface area contributed by atoms with Crippen LogP contribution in [-0.4, -0.2) is 23.0 Å². The van der Waals surface area contributed by atoms with Crippen molar-refractivity contribution in [3.8, 4) is 11.5 Å². The molecule has 0 atom stereocenters. The monoisotopic (exact) mass is 235 g/mol. The number of carbonyl (C=O) groups excluding carboxylic acids is 1. The highest BCUT2D eigenvalue weighted by atomic mass is 16.6. The molecule has 0 fully saturated rings. The zero-order valence-corrected chi connectivity index (χ0v) is 9.64. The summed E-state index contributed by atoms with van der Waals surface area (Å²) in [6.07, 6.45) is 0.861. The molecule has 1 amide bonds. The molecule has 0 aliphatic carbocycles. The molecule has 0 spiro atoms. The van der Waals surface area contributed by atoms with Crippen molar-refractivity contribution in [2.45, 2.75) is 13.5 Å². The molecule has 90 valence electrons. The number of hydrogen-bond donors (Lipinski definition) is 1. The number of aromatic nitrogens is 2. The third-order valence-electron chi connectivity index (χ3n) is 2.44. The van der Waals surface area contributed by atoms with E-state index in [0.717, 1.165) is 10.9 Å². The summed E-state index contributed by atoms with van der Waals surface area (Å²) >= 11 is 0. The minimum Gasteiger partial charge on any atom is -0.491 e. The van der Waals surface area contributed by atoms with Crippen molar-refractivity contribution in [1.29, 1.82) is 0 Å². The van der Waals surface area contributed by atoms with Crippen molar-refractivity contribution in [2.75, 3.05) is 7.11 Å². The number of primary amides is 1. The molecule has 2 N–H and O–H groups in total. The summed E-state index contributed by atoms with van der Waals surface area (Å²) in [5, 5.41) is 5.12. The van der Waals surface area contributed by atoms with Crippen LogP contribution < -0.4 is 15.2 Å². The highest BCUT2D eigenvalue weighted by Crippen LogP contribution is 2.35. The Kier molecular flexibility index (Phi) is 2.86. The molecule has 1 heterocycles. The second-order valence-electron chi connectivity index (χ2n) is 3.42. The van der Waals surface area contributed by atoms with Gasteiger partial charge in [-0.05, 0) is 19.1 Å². The first-order valence-electron chi connectivity index (χ1n) is 5.17. The largest absolute Gasteiger partial charge is 0.491 e. The maximum Gasteiger partial charge on any atom is 0.410 e. The molecule has 1 aromatic carbocycles. The fraction of sp³-hybridized carbons (Fsp3) is 0.273. The lowest BCUT2D eigenvalue weighted by atomic mass is 10.2. The molecule has 0 radical (unpaired) electrons. The second-order valence-corrected chi connectivity index (χ2v) is 3.42. The summed E-state index contributed by atoms with van der Waals surface area (Å²) in [5.74, 6) is 0.753. The minimum atomic E-state index is -0.870. The summed E-state index contributed by atoms with van der Waals surface area (Å²) in [4.78, 5) is 10.8. The molecule has 1 aromatic heterocycles. The molecule has 0 aliphatic rings. The second kappa shape index (κ2) is 4.32. The van der Waals surface area contributed by atoms with Crippen LogP contribution >= 0.6 is 0 Å². The van der Waals surface area contributed by atoms with E-state index in [9.17, 15) is 4.79 Å². The van der Waals surface area contributed by atoms with E-state index in [1.807, 2.05) is 6.92 Å². The van der Waals surface area contributed by atoms with E-state index >= 15 is 0 Å². The quantitative estimate of drug-likeness (QED) is 0.874. The highest BCUT2D eigenvalue weighted by Gasteiger charge is 2.15. The summed E-state index contributed by atoms with van der Waals surface area (Å²) in [7, 11) is 1.51. The fourth-order valence-corrected chi connectivity index (χ4v) is 1.75. The zero-order chi connectivity index (χ0) is 12.4. The van der Waals surface area contributed by atoms with Gasteiger partial charge in [0.25, 0.3) is 0 Å². The van der Waals surface area contributed by atoms with Crippen molar-refractivity contribution in [3.05, 3.63) is 18.3 Å². The van der Waals surface area contributed by atoms with Crippen LogP contribution in [0.3, 0.4) is 0 Å². The molecule has 2 rings (SSSR count). The lowest BCUT2D eigenvalue weighted by molar-refractivity contribution is 0.209. The van der Waals surface area contributed by atoms with E-state index in [1.54, 1.807) is 23.0 Å². The van der Waals surface area contributed by atoms with E-state index in [4.69, 9.17) is 15.2 Å². The molecule has 6 nitrogen and oxygen atoms in total. The Bertz CT molecular complexity index is 562. The van der Waals surface area contributed by atoms with E-state index in [-0.39, 0.29) is 0 Å². The topological polar surface area (TPSA) is 79.4 Å². The Hall–Kier alpha value is -2.24. The van der Waals surface area contributed by atoms with Gasteiger partial charge in [-0.3, -0.25) is 4.68 Å². The van der Waals surface area contributed by atoms with Gasteiger partial charge in [-0.15, -0.1) is 0 Å². The van der Waals surface area contributed by atoms with E-state index in [2.05, 4.69) is 5.10 Å². The molecule has 17 heavy (non-hydrogen) atoms. The van der Waals surface area contributed by atoms with Gasteiger partial charge in [0.15, 0.2) is 11.5 Å². The van der Waals surface area contributed by atoms with E-state index < -0.39 is 6.09 Å². The van der Waals surface area contributed by atoms with Gasteiger partial charge >= 0.3 is 6.09 Å². The van der Waals surface area contributed by atoms with Crippen molar-refractivity contribution in [3.63, 3.8) is 0 Å². The summed E-state index contributed by atoms with van der Waals surface area (Å²) in [6.45, 7) is 2.66. The summed E-state index contributed by atoms with van der Waals surface area (Å²) < 4.78 is 11.9. The Balaban J connectivity index is 2.66. The number of nitrogens with zero attached hydrogens (tertiary/aromatic N) is 2. The van der Waals surface area contributed by atoms with Crippen molar-refractivity contribution < 1.29 is 14.3 Å². The van der Waals surface area contributed by atoms with Crippen LogP contribution in [0.25, 0.3) is 10.9 Å². The normalized spacial score (nSPS) is 10.5. The van der Waals surface area contributed by atoms with Gasteiger partial charge in [-0.2, -0.15) is 5.10 Å². The number of benzene rings is 1. The summed E-state index contributed by atoms with van der Waals surface area (Å²) in [6, 6.07) is 3.43. The maximum absolute atomic E-state index is 10.8. The maximum atomic E-state index is 10.8. The molecule has 0 saturated carbocycles. The summed E-state index contributed by atoms with van der Waals surface area (Å²) in [5.41, 5.74) is 5.78. The van der Waals surface area contributed by atoms with Gasteiger partial charge in [0.1, 0.15) is 5.52 Å². The third kappa shape index (κ3) is 1.89. The lowest BCUT2D eigenvalue weighted by Crippen LogP contribution is -2.16. The van der Waals surface area contributed by atoms with Crippen LogP contribution in [-0.2, 0) is 6.54 Å². The van der Waals surface area contributed by atoms with Gasteiger partial charge in [0.2, 0.25) is 0 Å². The number of carbonyl (C=O) groups is 1. The number of methoxy groups -OCH3 is 1. The van der Waals surface area contributed by atoms with Gasteiger partial charge < -0.3 is 15.2 Å². The predicted molar refractivity (Wildman–Crippen MR) is 62.2 cm³/mol. The SMILES string of the molecule is CCn1ncc2ccc(OC(N)=O)c(OC)c21. The standard InChI is InChI=1S/C11H13N3O3/c1-3-14-9-7(6-13-14)4-5-8(10(9)16-2)17-11(12)15/h4-6H,3H2,1-2H3,(H2,12,15). The smallest absolute Gasteiger partial charge is 0.410 e. The van der Waals surface area contributed by atoms with Crippen molar-refractivity contribution in [2.24, 2.45) is 5.73 Å². The number of fused-ring (bicyclic) bond motifs is 1. The minimum absolute atomic E-state index is 0.294. The number of aryl methyl sites for hydroxylation is 1. The molecular formula is C11H13N3O3. The molecule has 0 unspecified atom stereocenters. The predicted octanol–water partition coefficient (Wildman–Crippen LogP) is 1.52. The number of ether oxygens (including phenoxy) is 2. The first-order chi connectivity index (χ1) is 8.17. The number of rotatable bonds is 3. The Morgan fingerprint density at radius 2 is 2.29 bits per heavy atom. The number of hydrogen-bond acceptors (Lipinski definition) is 4. The van der Waals surface area contributed by atoms with Gasteiger partial charge in [0.05, 0.1) is 13.3 Å². The van der Waals surface area contributed by atoms with Crippen LogP contribution in [0.2, 0.25) is 0 Å². The molecule has 2 aromatic rings. The van der Waals surface area contributed by atoms with E-state index in [1.165, 1.54) is 7.11 Å². The number of amides is 1. The number of nitrogens with two attached hydrogens (primary N) is 1. The lowest BCUT2D eigenvalue weighted by Gasteiger charge is -2.10. The highest BCUT2D eigenvalue weighted by molar-refractivity contribution is 5.88. The van der Waals surface area contributed by atoms with Crippen molar-refractivity contribution in [1.82, 2.24) is 9.78 Å². The molecule has 0 saturated heterocycles. The Labute approximate surface area is 97.9 Å². The van der Waals surface area contributed by atoms with E-state index in [0.29, 0.717) is 18.0 Å². The van der Waals surface area contributed by atoms with Crippen molar-refractivity contribution >= 4 is 17.0 Å². The zero-order valence-electron chi connectivity index (χ0n) is 9.64. The first kappa shape index (κ1) is 11.3. The van der Waals surface area contributed by atoms with Gasteiger partial charge in [-0.25, -0.2) is 4.79 Å². The average molecular weight is 235 g/mol. The van der Waals surface area contributed by atoms with Gasteiger partial charge in [0, 0.05) is 11.9 Å². The first-order valence-corrected chi connectivity index (χ1v) is 5.17. The van der Waals surface area contributed by atoms with Crippen LogP contribution in [0.4, 0.5) is 4.79 Å². The molecule has 0 aliphatic heterocycles. The average Bonchev–Trinajstić information content (AvgIpc) is 2.71. The van der Waals surface area contributed by atoms with Crippen LogP contribution in [0.5, 0.6) is 11.5 Å².